The molecule has 0 aromatic heterocycles. The second-order valence-corrected chi connectivity index (χ2v) is 3.47. The van der Waals surface area contributed by atoms with E-state index in [-0.39, 0.29) is 11.9 Å². The Morgan fingerprint density at radius 3 is 3.08 bits per heavy atom. The molecule has 13 heavy (non-hydrogen) atoms. The van der Waals surface area contributed by atoms with Crippen molar-refractivity contribution in [1.29, 1.82) is 0 Å². The zero-order chi connectivity index (χ0) is 9.84. The second-order valence-electron chi connectivity index (χ2n) is 3.47. The lowest BCUT2D eigenvalue weighted by Crippen LogP contribution is -2.43. The van der Waals surface area contributed by atoms with E-state index < -0.39 is 0 Å². The molecule has 1 aliphatic heterocycles. The van der Waals surface area contributed by atoms with E-state index in [1.807, 2.05) is 11.9 Å². The standard InChI is InChI=1S/C9H17N3O/c1-3-9(13)12-6-4-5-8(12)7-11(2)10/h3,8H,1,4-7,10H2,2H3. The smallest absolute Gasteiger partial charge is 0.246 e. The number of carbonyl (C=O) groups excluding carboxylic acids is 1. The molecule has 0 spiro atoms. The van der Waals surface area contributed by atoms with Gasteiger partial charge in [0.2, 0.25) is 5.91 Å². The molecule has 1 aliphatic rings. The van der Waals surface area contributed by atoms with Gasteiger partial charge in [-0.3, -0.25) is 10.6 Å². The Bertz CT molecular complexity index is 203. The fraction of sp³-hybridized carbons (Fsp3) is 0.667. The summed E-state index contributed by atoms with van der Waals surface area (Å²) < 4.78 is 0. The molecule has 0 aliphatic carbocycles. The van der Waals surface area contributed by atoms with Crippen LogP contribution in [0.1, 0.15) is 12.8 Å². The first-order valence-corrected chi connectivity index (χ1v) is 4.54. The average Bonchev–Trinajstić information content (AvgIpc) is 2.50. The van der Waals surface area contributed by atoms with Crippen LogP contribution in [-0.4, -0.2) is 42.0 Å². The maximum absolute atomic E-state index is 11.4. The van der Waals surface area contributed by atoms with Gasteiger partial charge in [0.25, 0.3) is 0 Å². The summed E-state index contributed by atoms with van der Waals surface area (Å²) >= 11 is 0. The highest BCUT2D eigenvalue weighted by atomic mass is 16.2. The fourth-order valence-corrected chi connectivity index (χ4v) is 1.77. The first-order valence-electron chi connectivity index (χ1n) is 4.54. The molecule has 1 fully saturated rings. The monoisotopic (exact) mass is 183 g/mol. The SMILES string of the molecule is C=CC(=O)N1CCCC1CN(C)N. The van der Waals surface area contributed by atoms with Crippen LogP contribution >= 0.6 is 0 Å². The van der Waals surface area contributed by atoms with Crippen LogP contribution in [-0.2, 0) is 4.79 Å². The molecule has 1 amide bonds. The number of likely N-dealkylation sites (N-methyl/N-ethyl adjacent to an activating group) is 1. The van der Waals surface area contributed by atoms with Crippen LogP contribution in [0.5, 0.6) is 0 Å². The largest absolute Gasteiger partial charge is 0.335 e. The van der Waals surface area contributed by atoms with Crippen LogP contribution in [0.15, 0.2) is 12.7 Å². The summed E-state index contributed by atoms with van der Waals surface area (Å²) in [5.74, 6) is 5.56. The Kier molecular flexibility index (Phi) is 3.45. The van der Waals surface area contributed by atoms with E-state index in [9.17, 15) is 4.79 Å². The molecule has 1 heterocycles. The van der Waals surface area contributed by atoms with Crippen molar-refractivity contribution in [3.05, 3.63) is 12.7 Å². The Morgan fingerprint density at radius 1 is 1.85 bits per heavy atom. The van der Waals surface area contributed by atoms with Crippen molar-refractivity contribution in [1.82, 2.24) is 9.91 Å². The molecule has 1 unspecified atom stereocenters. The van der Waals surface area contributed by atoms with E-state index in [4.69, 9.17) is 5.84 Å². The lowest BCUT2D eigenvalue weighted by atomic mass is 10.2. The molecular formula is C9H17N3O. The molecule has 0 aromatic rings. The summed E-state index contributed by atoms with van der Waals surface area (Å²) in [4.78, 5) is 13.2. The van der Waals surface area contributed by atoms with E-state index in [2.05, 4.69) is 6.58 Å². The molecule has 1 rings (SSSR count). The third-order valence-corrected chi connectivity index (χ3v) is 2.33. The fourth-order valence-electron chi connectivity index (χ4n) is 1.77. The summed E-state index contributed by atoms with van der Waals surface area (Å²) in [7, 11) is 1.81. The highest BCUT2D eigenvalue weighted by molar-refractivity contribution is 5.87. The predicted octanol–water partition coefficient (Wildman–Crippen LogP) is -0.0311. The van der Waals surface area contributed by atoms with Crippen LogP contribution in [0.4, 0.5) is 0 Å². The number of carbonyl (C=O) groups is 1. The number of nitrogens with two attached hydrogens (primary N) is 1. The van der Waals surface area contributed by atoms with Gasteiger partial charge in [0.15, 0.2) is 0 Å². The van der Waals surface area contributed by atoms with Gasteiger partial charge in [0.1, 0.15) is 0 Å². The van der Waals surface area contributed by atoms with Crippen molar-refractivity contribution < 1.29 is 4.79 Å². The van der Waals surface area contributed by atoms with Gasteiger partial charge in [-0.05, 0) is 18.9 Å². The lowest BCUT2D eigenvalue weighted by molar-refractivity contribution is -0.127. The molecule has 0 saturated carbocycles. The van der Waals surface area contributed by atoms with E-state index in [0.717, 1.165) is 25.9 Å². The molecular weight excluding hydrogens is 166 g/mol. The Labute approximate surface area is 79.0 Å². The van der Waals surface area contributed by atoms with Crippen LogP contribution in [0.25, 0.3) is 0 Å². The number of nitrogens with zero attached hydrogens (tertiary/aromatic N) is 2. The van der Waals surface area contributed by atoms with Gasteiger partial charge in [0.05, 0.1) is 0 Å². The molecule has 1 saturated heterocycles. The van der Waals surface area contributed by atoms with Gasteiger partial charge in [-0.25, -0.2) is 5.01 Å². The number of hydrogen-bond donors (Lipinski definition) is 1. The zero-order valence-electron chi connectivity index (χ0n) is 8.07. The normalized spacial score (nSPS) is 22.4. The first kappa shape index (κ1) is 10.2. The maximum atomic E-state index is 11.4. The van der Waals surface area contributed by atoms with E-state index in [0.29, 0.717) is 0 Å². The molecule has 0 aromatic carbocycles. The maximum Gasteiger partial charge on any atom is 0.246 e. The number of hydrogen-bond acceptors (Lipinski definition) is 3. The Balaban J connectivity index is 2.53. The minimum atomic E-state index is 0.0179. The molecule has 1 atom stereocenters. The number of likely N-dealkylation sites (tertiary alicyclic amines) is 1. The molecule has 0 radical (unpaired) electrons. The minimum Gasteiger partial charge on any atom is -0.335 e. The third kappa shape index (κ3) is 2.54. The quantitative estimate of drug-likeness (QED) is 0.380. The molecule has 2 N–H and O–H groups in total. The van der Waals surface area contributed by atoms with Crippen LogP contribution < -0.4 is 5.84 Å². The van der Waals surface area contributed by atoms with Crippen LogP contribution in [0.2, 0.25) is 0 Å². The van der Waals surface area contributed by atoms with Crippen molar-refractivity contribution in [3.63, 3.8) is 0 Å². The number of rotatable bonds is 3. The van der Waals surface area contributed by atoms with E-state index >= 15 is 0 Å². The van der Waals surface area contributed by atoms with Crippen molar-refractivity contribution >= 4 is 5.91 Å². The number of hydrazine groups is 1. The second kappa shape index (κ2) is 4.39. The molecule has 4 nitrogen and oxygen atoms in total. The molecule has 74 valence electrons. The highest BCUT2D eigenvalue weighted by Crippen LogP contribution is 2.17. The van der Waals surface area contributed by atoms with Gasteiger partial charge in [-0.15, -0.1) is 0 Å². The van der Waals surface area contributed by atoms with Crippen LogP contribution in [0, 0.1) is 0 Å². The zero-order valence-corrected chi connectivity index (χ0v) is 8.07. The topological polar surface area (TPSA) is 49.6 Å². The van der Waals surface area contributed by atoms with Crippen molar-refractivity contribution in [2.24, 2.45) is 5.84 Å². The van der Waals surface area contributed by atoms with Gasteiger partial charge >= 0.3 is 0 Å². The lowest BCUT2D eigenvalue weighted by Gasteiger charge is -2.25. The third-order valence-electron chi connectivity index (χ3n) is 2.33. The van der Waals surface area contributed by atoms with E-state index in [1.165, 1.54) is 6.08 Å². The Hall–Kier alpha value is -0.870. The summed E-state index contributed by atoms with van der Waals surface area (Å²) in [6, 6.07) is 0.264. The summed E-state index contributed by atoms with van der Waals surface area (Å²) in [6.07, 6.45) is 3.48. The van der Waals surface area contributed by atoms with E-state index in [1.54, 1.807) is 5.01 Å². The highest BCUT2D eigenvalue weighted by Gasteiger charge is 2.27. The minimum absolute atomic E-state index is 0.0179. The van der Waals surface area contributed by atoms with Gasteiger partial charge in [-0.1, -0.05) is 6.58 Å². The van der Waals surface area contributed by atoms with Crippen molar-refractivity contribution in [3.8, 4) is 0 Å². The molecule has 4 heteroatoms. The molecule has 0 bridgehead atoms. The number of amides is 1. The van der Waals surface area contributed by atoms with Gasteiger partial charge in [0, 0.05) is 26.2 Å². The van der Waals surface area contributed by atoms with Crippen molar-refractivity contribution in [2.45, 2.75) is 18.9 Å². The average molecular weight is 183 g/mol. The summed E-state index contributed by atoms with van der Waals surface area (Å²) in [6.45, 7) is 5.06. The summed E-state index contributed by atoms with van der Waals surface area (Å²) in [5.41, 5.74) is 0. The van der Waals surface area contributed by atoms with Crippen LogP contribution in [0.3, 0.4) is 0 Å². The Morgan fingerprint density at radius 2 is 2.54 bits per heavy atom. The predicted molar refractivity (Wildman–Crippen MR) is 51.7 cm³/mol. The van der Waals surface area contributed by atoms with Crippen molar-refractivity contribution in [2.75, 3.05) is 20.1 Å². The van der Waals surface area contributed by atoms with Gasteiger partial charge in [-0.2, -0.15) is 0 Å². The van der Waals surface area contributed by atoms with Gasteiger partial charge < -0.3 is 4.90 Å². The first-order chi connectivity index (χ1) is 6.15. The summed E-state index contributed by atoms with van der Waals surface area (Å²) in [5, 5.41) is 1.62.